The highest BCUT2D eigenvalue weighted by Crippen LogP contribution is 2.08. The van der Waals surface area contributed by atoms with Crippen LogP contribution in [0.5, 0.6) is 5.75 Å². The number of hydrogen-bond acceptors (Lipinski definition) is 4. The number of nitrogens with two attached hydrogens (primary N) is 1. The molecular weight excluding hydrogens is 446 g/mol. The van der Waals surface area contributed by atoms with E-state index in [2.05, 4.69) is 65.4 Å². The molecule has 0 fully saturated rings. The van der Waals surface area contributed by atoms with Crippen LogP contribution in [0.2, 0.25) is 0 Å². The zero-order valence-corrected chi connectivity index (χ0v) is 24.5. The number of hydrogen-bond donors (Lipinski definition) is 1. The van der Waals surface area contributed by atoms with Crippen molar-refractivity contribution in [1.29, 1.82) is 0 Å². The molecule has 0 aliphatic carbocycles. The molecule has 2 N–H and O–H groups in total. The van der Waals surface area contributed by atoms with E-state index in [1.807, 2.05) is 92.6 Å². The summed E-state index contributed by atoms with van der Waals surface area (Å²) in [5, 5.41) is 0. The summed E-state index contributed by atoms with van der Waals surface area (Å²) < 4.78 is 9.20. The quantitative estimate of drug-likeness (QED) is 0.271. The number of benzene rings is 3. The topological polar surface area (TPSA) is 61.5 Å². The van der Waals surface area contributed by atoms with Crippen LogP contribution in [0.15, 0.2) is 91.0 Å². The number of carbonyl (C=O) groups excluding carboxylic acids is 1. The second kappa shape index (κ2) is 36.5. The van der Waals surface area contributed by atoms with E-state index in [1.54, 1.807) is 7.11 Å². The molecule has 4 heteroatoms. The highest BCUT2D eigenvalue weighted by atomic mass is 16.5. The Morgan fingerprint density at radius 3 is 1.22 bits per heavy atom. The van der Waals surface area contributed by atoms with Gasteiger partial charge in [-0.3, -0.25) is 10.5 Å². The molecule has 0 aliphatic rings. The first-order valence-electron chi connectivity index (χ1n) is 13.2. The Morgan fingerprint density at radius 2 is 1.00 bits per heavy atom. The summed E-state index contributed by atoms with van der Waals surface area (Å²) >= 11 is 0. The number of carbonyl (C=O) groups is 1. The highest BCUT2D eigenvalue weighted by molar-refractivity contribution is 5.37. The molecule has 0 amide bonds. The number of ether oxygens (including phenoxy) is 2. The Hall–Kier alpha value is -3.11. The summed E-state index contributed by atoms with van der Waals surface area (Å²) in [6.45, 7) is 18.2. The Kier molecular flexibility index (Phi) is 40.6. The van der Waals surface area contributed by atoms with Crippen LogP contribution >= 0.6 is 0 Å². The summed E-state index contributed by atoms with van der Waals surface area (Å²) in [4.78, 5) is 9.47. The zero-order valence-electron chi connectivity index (χ0n) is 24.5. The maximum absolute atomic E-state index is 9.47. The Bertz CT molecular complexity index is 698. The minimum absolute atomic E-state index is 0.355. The van der Waals surface area contributed by atoms with Gasteiger partial charge in [0, 0.05) is 0 Å². The van der Waals surface area contributed by atoms with Gasteiger partial charge in [-0.05, 0) is 36.1 Å². The van der Waals surface area contributed by atoms with Crippen LogP contribution in [-0.2, 0) is 16.0 Å². The molecule has 0 aliphatic heterocycles. The molecule has 1 atom stereocenters. The SMILES string of the molecule is CC.CC.CC.CC.CCC(N)OC=O.COc1ccccc1.c1ccc(Cc2ccccc2)cc1. The summed E-state index contributed by atoms with van der Waals surface area (Å²) in [6, 6.07) is 30.7. The van der Waals surface area contributed by atoms with Crippen LogP contribution in [-0.4, -0.2) is 19.8 Å². The molecule has 0 radical (unpaired) electrons. The van der Waals surface area contributed by atoms with Gasteiger partial charge in [-0.2, -0.15) is 0 Å². The molecule has 204 valence electrons. The minimum atomic E-state index is -0.419. The number of rotatable bonds is 6. The van der Waals surface area contributed by atoms with Crippen LogP contribution in [0, 0.1) is 0 Å². The molecule has 3 rings (SSSR count). The van der Waals surface area contributed by atoms with E-state index in [0.29, 0.717) is 12.9 Å². The molecule has 0 heterocycles. The lowest BCUT2D eigenvalue weighted by atomic mass is 10.1. The Balaban J connectivity index is -0.000000195. The van der Waals surface area contributed by atoms with Gasteiger partial charge >= 0.3 is 0 Å². The van der Waals surface area contributed by atoms with Crippen molar-refractivity contribution < 1.29 is 14.3 Å². The first-order valence-corrected chi connectivity index (χ1v) is 13.2. The normalized spacial score (nSPS) is 8.64. The van der Waals surface area contributed by atoms with E-state index < -0.39 is 6.23 Å². The lowest BCUT2D eigenvalue weighted by Gasteiger charge is -2.02. The van der Waals surface area contributed by atoms with Crippen LogP contribution in [0.1, 0.15) is 79.9 Å². The van der Waals surface area contributed by atoms with Crippen molar-refractivity contribution in [2.45, 2.75) is 81.4 Å². The third kappa shape index (κ3) is 27.1. The van der Waals surface area contributed by atoms with E-state index >= 15 is 0 Å². The molecular formula is C32H53NO3. The van der Waals surface area contributed by atoms with Crippen molar-refractivity contribution in [1.82, 2.24) is 0 Å². The predicted octanol–water partition coefficient (Wildman–Crippen LogP) is 8.93. The molecule has 36 heavy (non-hydrogen) atoms. The third-order valence-corrected chi connectivity index (χ3v) is 3.71. The zero-order chi connectivity index (χ0) is 28.5. The Labute approximate surface area is 222 Å². The molecule has 0 aromatic heterocycles. The lowest BCUT2D eigenvalue weighted by molar-refractivity contribution is -0.133. The monoisotopic (exact) mass is 499 g/mol. The van der Waals surface area contributed by atoms with E-state index in [4.69, 9.17) is 10.5 Å². The van der Waals surface area contributed by atoms with Crippen molar-refractivity contribution in [3.05, 3.63) is 102 Å². The van der Waals surface area contributed by atoms with Gasteiger partial charge in [-0.15, -0.1) is 0 Å². The van der Waals surface area contributed by atoms with Crippen LogP contribution in [0.25, 0.3) is 0 Å². The predicted molar refractivity (Wildman–Crippen MR) is 159 cm³/mol. The van der Waals surface area contributed by atoms with Crippen molar-refractivity contribution in [2.24, 2.45) is 5.73 Å². The Morgan fingerprint density at radius 1 is 0.667 bits per heavy atom. The molecule has 3 aromatic carbocycles. The summed E-state index contributed by atoms with van der Waals surface area (Å²) in [7, 11) is 1.66. The second-order valence-corrected chi connectivity index (χ2v) is 5.84. The average molecular weight is 500 g/mol. The van der Waals surface area contributed by atoms with Crippen molar-refractivity contribution in [3.8, 4) is 5.75 Å². The maximum atomic E-state index is 9.47. The van der Waals surface area contributed by atoms with Gasteiger partial charge in [0.2, 0.25) is 0 Å². The smallest absolute Gasteiger partial charge is 0.294 e. The van der Waals surface area contributed by atoms with E-state index in [-0.39, 0.29) is 0 Å². The highest BCUT2D eigenvalue weighted by Gasteiger charge is 1.93. The molecule has 3 aromatic rings. The molecule has 1 unspecified atom stereocenters. The van der Waals surface area contributed by atoms with Gasteiger partial charge < -0.3 is 9.47 Å². The molecule has 4 nitrogen and oxygen atoms in total. The largest absolute Gasteiger partial charge is 0.497 e. The van der Waals surface area contributed by atoms with E-state index in [0.717, 1.165) is 12.2 Å². The van der Waals surface area contributed by atoms with Crippen molar-refractivity contribution in [2.75, 3.05) is 7.11 Å². The van der Waals surface area contributed by atoms with Crippen LogP contribution in [0.4, 0.5) is 0 Å². The lowest BCUT2D eigenvalue weighted by Crippen LogP contribution is -2.21. The van der Waals surface area contributed by atoms with Crippen LogP contribution in [0.3, 0.4) is 0 Å². The fourth-order valence-electron chi connectivity index (χ4n) is 2.15. The molecule has 0 bridgehead atoms. The fourth-order valence-corrected chi connectivity index (χ4v) is 2.15. The number of para-hydroxylation sites is 1. The fraction of sp³-hybridized carbons (Fsp3) is 0.406. The van der Waals surface area contributed by atoms with E-state index in [9.17, 15) is 4.79 Å². The maximum Gasteiger partial charge on any atom is 0.294 e. The second-order valence-electron chi connectivity index (χ2n) is 5.84. The van der Waals surface area contributed by atoms with Crippen molar-refractivity contribution in [3.63, 3.8) is 0 Å². The molecule has 0 saturated heterocycles. The van der Waals surface area contributed by atoms with Crippen molar-refractivity contribution >= 4 is 6.47 Å². The minimum Gasteiger partial charge on any atom is -0.497 e. The number of methoxy groups -OCH3 is 1. The van der Waals surface area contributed by atoms with Gasteiger partial charge in [0.15, 0.2) is 0 Å². The molecule has 0 saturated carbocycles. The van der Waals surface area contributed by atoms with Crippen LogP contribution < -0.4 is 10.5 Å². The summed E-state index contributed by atoms with van der Waals surface area (Å²) in [5.74, 6) is 0.910. The molecule has 0 spiro atoms. The first-order chi connectivity index (χ1) is 17.7. The first kappa shape index (κ1) is 40.1. The van der Waals surface area contributed by atoms with Gasteiger partial charge in [-0.1, -0.05) is 141 Å². The third-order valence-electron chi connectivity index (χ3n) is 3.71. The van der Waals surface area contributed by atoms with Gasteiger partial charge in [-0.25, -0.2) is 0 Å². The van der Waals surface area contributed by atoms with Gasteiger partial charge in [0.1, 0.15) is 12.0 Å². The van der Waals surface area contributed by atoms with Gasteiger partial charge in [0.25, 0.3) is 6.47 Å². The van der Waals surface area contributed by atoms with E-state index in [1.165, 1.54) is 11.1 Å². The van der Waals surface area contributed by atoms with Gasteiger partial charge in [0.05, 0.1) is 7.11 Å². The summed E-state index contributed by atoms with van der Waals surface area (Å²) in [5.41, 5.74) is 7.87. The summed E-state index contributed by atoms with van der Waals surface area (Å²) in [6.07, 6.45) is 1.28. The standard InChI is InChI=1S/C13H12.C7H8O.C4H9NO2.4C2H6/c1-3-7-12(8-4-1)11-13-9-5-2-6-10-13;1-8-7-5-3-2-4-6-7;1-2-4(5)7-3-6;4*1-2/h1-10H,11H2;2-6H,1H3;3-4H,2,5H2,1H3;4*1-2H3. The average Bonchev–Trinajstić information content (AvgIpc) is 2.99.